The van der Waals surface area contributed by atoms with Crippen LogP contribution in [0.5, 0.6) is 0 Å². The molecule has 3 aliphatic rings. The number of aromatic nitrogens is 5. The van der Waals surface area contributed by atoms with Crippen LogP contribution in [0.4, 0.5) is 10.8 Å². The van der Waals surface area contributed by atoms with Crippen LogP contribution in [0.15, 0.2) is 36.7 Å². The topological polar surface area (TPSA) is 133 Å². The minimum absolute atomic E-state index is 0.0484. The van der Waals surface area contributed by atoms with Crippen molar-refractivity contribution in [3.05, 3.63) is 42.2 Å². The zero-order valence-corrected chi connectivity index (χ0v) is 22.2. The minimum Gasteiger partial charge on any atom is -0.377 e. The Labute approximate surface area is 228 Å². The third-order valence-corrected chi connectivity index (χ3v) is 8.93. The Hall–Kier alpha value is -4.08. The smallest absolute Gasteiger partial charge is 0.217 e. The Morgan fingerprint density at radius 1 is 1.15 bits per heavy atom. The third kappa shape index (κ3) is 4.37. The van der Waals surface area contributed by atoms with E-state index in [4.69, 9.17) is 9.72 Å². The lowest BCUT2D eigenvalue weighted by atomic mass is 9.92. The van der Waals surface area contributed by atoms with Crippen molar-refractivity contribution in [3.63, 3.8) is 0 Å². The number of nitrogens with zero attached hydrogens (tertiary/aromatic N) is 7. The number of hydrogen-bond donors (Lipinski definition) is 2. The van der Waals surface area contributed by atoms with Crippen molar-refractivity contribution >= 4 is 33.6 Å². The zero-order chi connectivity index (χ0) is 26.5. The van der Waals surface area contributed by atoms with E-state index in [0.717, 1.165) is 64.2 Å². The maximum atomic E-state index is 11.7. The molecule has 0 radical (unpaired) electrons. The van der Waals surface area contributed by atoms with Crippen LogP contribution in [0.25, 0.3) is 27.5 Å². The Balaban J connectivity index is 1.19. The number of carbonyl (C=O) groups is 1. The molecule has 2 N–H and O–H groups in total. The number of rotatable bonds is 6. The van der Waals surface area contributed by atoms with E-state index < -0.39 is 0 Å². The second-order valence-electron chi connectivity index (χ2n) is 10.5. The molecule has 4 aromatic rings. The summed E-state index contributed by atoms with van der Waals surface area (Å²) in [5, 5.41) is 31.3. The van der Waals surface area contributed by atoms with Gasteiger partial charge in [0.1, 0.15) is 6.07 Å². The molecule has 198 valence electrons. The van der Waals surface area contributed by atoms with Crippen LogP contribution in [-0.4, -0.2) is 69.1 Å². The number of anilines is 2. The van der Waals surface area contributed by atoms with E-state index in [2.05, 4.69) is 36.9 Å². The molecule has 2 saturated heterocycles. The van der Waals surface area contributed by atoms with E-state index in [-0.39, 0.29) is 18.0 Å². The maximum Gasteiger partial charge on any atom is 0.217 e. The summed E-state index contributed by atoms with van der Waals surface area (Å²) in [6, 6.07) is 10.3. The van der Waals surface area contributed by atoms with Gasteiger partial charge in [0, 0.05) is 37.9 Å². The Morgan fingerprint density at radius 2 is 1.97 bits per heavy atom. The zero-order valence-electron chi connectivity index (χ0n) is 21.4. The van der Waals surface area contributed by atoms with Gasteiger partial charge in [-0.05, 0) is 48.9 Å². The fourth-order valence-corrected chi connectivity index (χ4v) is 6.87. The van der Waals surface area contributed by atoms with Crippen LogP contribution in [0.3, 0.4) is 0 Å². The molecule has 1 saturated carbocycles. The molecule has 0 spiro atoms. The summed E-state index contributed by atoms with van der Waals surface area (Å²) in [6.07, 6.45) is 5.66. The molecule has 12 heteroatoms. The lowest BCUT2D eigenvalue weighted by Gasteiger charge is -2.37. The second-order valence-corrected chi connectivity index (χ2v) is 11.5. The van der Waals surface area contributed by atoms with E-state index in [9.17, 15) is 10.1 Å². The molecule has 2 atom stereocenters. The van der Waals surface area contributed by atoms with E-state index in [1.807, 2.05) is 30.5 Å². The van der Waals surface area contributed by atoms with Gasteiger partial charge in [-0.25, -0.2) is 4.52 Å². The van der Waals surface area contributed by atoms with Gasteiger partial charge in [-0.1, -0.05) is 11.3 Å². The third-order valence-electron chi connectivity index (χ3n) is 7.91. The van der Waals surface area contributed by atoms with Crippen molar-refractivity contribution < 1.29 is 9.53 Å². The summed E-state index contributed by atoms with van der Waals surface area (Å²) in [5.74, 6) is 0.922. The van der Waals surface area contributed by atoms with Gasteiger partial charge in [-0.3, -0.25) is 9.78 Å². The number of piperidine rings is 1. The van der Waals surface area contributed by atoms with Crippen molar-refractivity contribution in [1.29, 1.82) is 5.26 Å². The highest BCUT2D eigenvalue weighted by molar-refractivity contribution is 7.18. The van der Waals surface area contributed by atoms with Crippen molar-refractivity contribution in [3.8, 4) is 28.0 Å². The minimum atomic E-state index is 0.0484. The number of pyridine rings is 1. The van der Waals surface area contributed by atoms with E-state index in [1.54, 1.807) is 29.0 Å². The standard InChI is InChI=1S/C27H27N9O2S/c1-15(37)31-25-17-2-3-18(25)12-35(11-17)27-34-33-26(39-27)21-10-29-23(7-22(21)32-19-13-38-14-19)24-5-4-20-6-16(8-28)9-30-36(20)24/h4-7,9-10,17-19,25H,2-3,11-14H2,1H3,(H,29,32)(H,31,37). The molecule has 2 unspecified atom stereocenters. The van der Waals surface area contributed by atoms with Crippen LogP contribution in [0.1, 0.15) is 25.3 Å². The fourth-order valence-electron chi connectivity index (χ4n) is 5.98. The summed E-state index contributed by atoms with van der Waals surface area (Å²) < 4.78 is 7.19. The predicted octanol–water partition coefficient (Wildman–Crippen LogP) is 2.95. The van der Waals surface area contributed by atoms with Crippen molar-refractivity contribution in [2.45, 2.75) is 31.8 Å². The fraction of sp³-hybridized carbons (Fsp3) is 0.407. The first-order valence-electron chi connectivity index (χ1n) is 13.1. The predicted molar refractivity (Wildman–Crippen MR) is 146 cm³/mol. The van der Waals surface area contributed by atoms with E-state index >= 15 is 0 Å². The van der Waals surface area contributed by atoms with Gasteiger partial charge in [-0.15, -0.1) is 10.2 Å². The highest BCUT2D eigenvalue weighted by atomic mass is 32.1. The number of nitrogens with one attached hydrogen (secondary N) is 2. The molecule has 2 bridgehead atoms. The van der Waals surface area contributed by atoms with Gasteiger partial charge in [0.15, 0.2) is 5.01 Å². The number of nitriles is 1. The van der Waals surface area contributed by atoms with Crippen LogP contribution >= 0.6 is 11.3 Å². The Morgan fingerprint density at radius 3 is 2.69 bits per heavy atom. The van der Waals surface area contributed by atoms with Crippen molar-refractivity contribution in [2.24, 2.45) is 11.8 Å². The average Bonchev–Trinajstić information content (AvgIpc) is 3.61. The quantitative estimate of drug-likeness (QED) is 0.378. The Kier molecular flexibility index (Phi) is 5.90. The summed E-state index contributed by atoms with van der Waals surface area (Å²) in [6.45, 7) is 4.65. The van der Waals surface area contributed by atoms with Crippen LogP contribution < -0.4 is 15.5 Å². The number of hydrogen-bond acceptors (Lipinski definition) is 10. The summed E-state index contributed by atoms with van der Waals surface area (Å²) in [4.78, 5) is 18.8. The molecular weight excluding hydrogens is 514 g/mol. The van der Waals surface area contributed by atoms with Gasteiger partial charge < -0.3 is 20.3 Å². The largest absolute Gasteiger partial charge is 0.377 e. The van der Waals surface area contributed by atoms with Crippen LogP contribution in [0, 0.1) is 23.2 Å². The van der Waals surface area contributed by atoms with Crippen molar-refractivity contribution in [1.82, 2.24) is 30.1 Å². The number of fused-ring (bicyclic) bond motifs is 3. The maximum absolute atomic E-state index is 11.7. The van der Waals surface area contributed by atoms with Crippen LogP contribution in [0.2, 0.25) is 0 Å². The average molecular weight is 542 g/mol. The van der Waals surface area contributed by atoms with E-state index in [0.29, 0.717) is 30.6 Å². The molecule has 1 aliphatic carbocycles. The highest BCUT2D eigenvalue weighted by Crippen LogP contribution is 2.41. The molecule has 3 fully saturated rings. The first-order chi connectivity index (χ1) is 19.1. The number of carbonyl (C=O) groups excluding carboxylic acids is 1. The lowest BCUT2D eigenvalue weighted by Crippen LogP contribution is -2.52. The first-order valence-corrected chi connectivity index (χ1v) is 14.0. The van der Waals surface area contributed by atoms with Gasteiger partial charge in [0.25, 0.3) is 0 Å². The summed E-state index contributed by atoms with van der Waals surface area (Å²) >= 11 is 1.57. The van der Waals surface area contributed by atoms with Gasteiger partial charge in [-0.2, -0.15) is 10.4 Å². The molecule has 2 aliphatic heterocycles. The van der Waals surface area contributed by atoms with Gasteiger partial charge >= 0.3 is 0 Å². The summed E-state index contributed by atoms with van der Waals surface area (Å²) in [7, 11) is 0. The van der Waals surface area contributed by atoms with Gasteiger partial charge in [0.05, 0.1) is 53.5 Å². The molecule has 11 nitrogen and oxygen atoms in total. The first kappa shape index (κ1) is 24.0. The SMILES string of the molecule is CC(=O)NC1C2CCC1CN(c1nnc(-c3cnc(-c4ccc5cc(C#N)cnn45)cc3NC3COC3)s1)C2. The molecule has 6 heterocycles. The van der Waals surface area contributed by atoms with Crippen LogP contribution in [-0.2, 0) is 9.53 Å². The lowest BCUT2D eigenvalue weighted by molar-refractivity contribution is -0.120. The van der Waals surface area contributed by atoms with Crippen molar-refractivity contribution in [2.75, 3.05) is 36.5 Å². The molecular formula is C27H27N9O2S. The molecule has 7 rings (SSSR count). The highest BCUT2D eigenvalue weighted by Gasteiger charge is 2.43. The molecule has 1 amide bonds. The number of ether oxygens (including phenoxy) is 1. The molecule has 39 heavy (non-hydrogen) atoms. The Bertz CT molecular complexity index is 1590. The normalized spacial score (nSPS) is 22.5. The van der Waals surface area contributed by atoms with Gasteiger partial charge in [0.2, 0.25) is 11.0 Å². The van der Waals surface area contributed by atoms with E-state index in [1.165, 1.54) is 0 Å². The number of amides is 1. The second kappa shape index (κ2) is 9.59. The molecule has 0 aromatic carbocycles. The monoisotopic (exact) mass is 541 g/mol. The molecule has 4 aromatic heterocycles. The summed E-state index contributed by atoms with van der Waals surface area (Å²) in [5.41, 5.74) is 4.77.